The van der Waals surface area contributed by atoms with Crippen LogP contribution in [0, 0.1) is 0 Å². The van der Waals surface area contributed by atoms with E-state index in [1.54, 1.807) is 18.2 Å². The molecule has 0 heterocycles. The van der Waals surface area contributed by atoms with Gasteiger partial charge in [-0.25, -0.2) is 0 Å². The molecule has 0 fully saturated rings. The Bertz CT molecular complexity index is 262. The summed E-state index contributed by atoms with van der Waals surface area (Å²) >= 11 is 4.45. The van der Waals surface area contributed by atoms with Crippen molar-refractivity contribution >= 4 is 17.3 Å². The van der Waals surface area contributed by atoms with Crippen molar-refractivity contribution in [3.8, 4) is 5.75 Å². The minimum atomic E-state index is -0.280. The number of thiocarbonyl (C=S) groups is 1. The molecular weight excluding hydrogens is 256 g/mol. The Labute approximate surface area is 85.4 Å². The van der Waals surface area contributed by atoms with E-state index in [0.29, 0.717) is 5.56 Å². The molecule has 2 nitrogen and oxygen atoms in total. The second kappa shape index (κ2) is 4.51. The topological polar surface area (TPSA) is 40.5 Å². The predicted octanol–water partition coefficient (Wildman–Crippen LogP) is 1.62. The molecule has 0 atom stereocenters. The molecule has 1 aromatic carbocycles. The van der Waals surface area contributed by atoms with Gasteiger partial charge in [0.15, 0.2) is 5.05 Å². The smallest absolute Gasteiger partial charge is 0.192 e. The van der Waals surface area contributed by atoms with Gasteiger partial charge in [0.2, 0.25) is 0 Å². The number of aromatic hydroxyl groups is 1. The largest absolute Gasteiger partial charge is 0.507 e. The molecule has 0 saturated heterocycles. The van der Waals surface area contributed by atoms with Gasteiger partial charge in [0.1, 0.15) is 5.75 Å². The van der Waals surface area contributed by atoms with Gasteiger partial charge in [0, 0.05) is 22.4 Å². The Hall–Kier alpha value is -0.350. The summed E-state index contributed by atoms with van der Waals surface area (Å²) in [7, 11) is 0. The van der Waals surface area contributed by atoms with E-state index >= 15 is 0 Å². The molecule has 11 heavy (non-hydrogen) atoms. The maximum Gasteiger partial charge on any atom is 0.192 e. The van der Waals surface area contributed by atoms with Gasteiger partial charge in [-0.2, -0.15) is 0 Å². The number of para-hydroxylation sites is 1. The standard InChI is InChI=1S/C7H6O2S.Ag/c8-6-4-2-1-3-5(6)7(9)10;/h1-4,8H,(H,9,10);. The van der Waals surface area contributed by atoms with E-state index in [1.807, 2.05) is 0 Å². The normalized spacial score (nSPS) is 8.36. The zero-order valence-corrected chi connectivity index (χ0v) is 7.71. The van der Waals surface area contributed by atoms with Crippen LogP contribution >= 0.6 is 12.2 Å². The number of aliphatic hydroxyl groups excluding tert-OH is 1. The Morgan fingerprint density at radius 3 is 2.18 bits per heavy atom. The summed E-state index contributed by atoms with van der Waals surface area (Å²) in [5, 5.41) is 17.5. The van der Waals surface area contributed by atoms with E-state index < -0.39 is 0 Å². The fourth-order valence-corrected chi connectivity index (χ4v) is 0.827. The number of phenolic OH excluding ortho intramolecular Hbond substituents is 1. The summed E-state index contributed by atoms with van der Waals surface area (Å²) < 4.78 is 0. The molecule has 4 heteroatoms. The molecule has 1 aromatic rings. The van der Waals surface area contributed by atoms with Crippen LogP contribution in [0.15, 0.2) is 24.3 Å². The van der Waals surface area contributed by atoms with Gasteiger partial charge in [-0.05, 0) is 24.4 Å². The average Bonchev–Trinajstić information content (AvgIpc) is 1.88. The van der Waals surface area contributed by atoms with Crippen LogP contribution in [0.3, 0.4) is 0 Å². The van der Waals surface area contributed by atoms with Crippen LogP contribution in [0.2, 0.25) is 0 Å². The minimum Gasteiger partial charge on any atom is -0.507 e. The third kappa shape index (κ3) is 2.63. The van der Waals surface area contributed by atoms with Gasteiger partial charge in [0.25, 0.3) is 0 Å². The predicted molar refractivity (Wildman–Crippen MR) is 42.4 cm³/mol. The fraction of sp³-hybridized carbons (Fsp3) is 0. The van der Waals surface area contributed by atoms with Crippen molar-refractivity contribution in [2.24, 2.45) is 0 Å². The number of rotatable bonds is 1. The van der Waals surface area contributed by atoms with Crippen molar-refractivity contribution in [3.05, 3.63) is 29.8 Å². The first-order valence-corrected chi connectivity index (χ1v) is 3.14. The van der Waals surface area contributed by atoms with Crippen molar-refractivity contribution < 1.29 is 32.6 Å². The van der Waals surface area contributed by atoms with E-state index in [4.69, 9.17) is 10.2 Å². The second-order valence-corrected chi connectivity index (χ2v) is 2.21. The van der Waals surface area contributed by atoms with Gasteiger partial charge in [-0.15, -0.1) is 0 Å². The Morgan fingerprint density at radius 1 is 1.27 bits per heavy atom. The van der Waals surface area contributed by atoms with Crippen LogP contribution in [0.4, 0.5) is 0 Å². The van der Waals surface area contributed by atoms with E-state index in [9.17, 15) is 0 Å². The van der Waals surface area contributed by atoms with Gasteiger partial charge >= 0.3 is 0 Å². The third-order valence-electron chi connectivity index (χ3n) is 1.13. The summed E-state index contributed by atoms with van der Waals surface area (Å²) in [5.74, 6) is 0.00926. The fourth-order valence-electron chi connectivity index (χ4n) is 0.654. The van der Waals surface area contributed by atoms with Crippen molar-refractivity contribution in [1.82, 2.24) is 0 Å². The average molecular weight is 262 g/mol. The summed E-state index contributed by atoms with van der Waals surface area (Å²) in [6, 6.07) is 6.38. The van der Waals surface area contributed by atoms with Crippen molar-refractivity contribution in [2.45, 2.75) is 0 Å². The third-order valence-corrected chi connectivity index (χ3v) is 1.35. The maximum absolute atomic E-state index is 9.03. The summed E-state index contributed by atoms with van der Waals surface area (Å²) in [6.07, 6.45) is 0. The zero-order chi connectivity index (χ0) is 7.56. The Balaban J connectivity index is 0.000001000. The first-order chi connectivity index (χ1) is 4.72. The first-order valence-electron chi connectivity index (χ1n) is 2.73. The molecule has 0 amide bonds. The summed E-state index contributed by atoms with van der Waals surface area (Å²) in [6.45, 7) is 0. The van der Waals surface area contributed by atoms with Gasteiger partial charge < -0.3 is 10.2 Å². The van der Waals surface area contributed by atoms with Crippen LogP contribution in [-0.2, 0) is 22.4 Å². The second-order valence-electron chi connectivity index (χ2n) is 1.82. The quantitative estimate of drug-likeness (QED) is 0.597. The molecule has 0 aromatic heterocycles. The first kappa shape index (κ1) is 10.7. The monoisotopic (exact) mass is 261 g/mol. The van der Waals surface area contributed by atoms with Crippen molar-refractivity contribution in [2.75, 3.05) is 0 Å². The number of aliphatic hydroxyl groups is 1. The summed E-state index contributed by atoms with van der Waals surface area (Å²) in [5.41, 5.74) is 0.303. The molecule has 0 aliphatic rings. The molecule has 0 unspecified atom stereocenters. The molecule has 0 saturated carbocycles. The molecule has 2 N–H and O–H groups in total. The Kier molecular flexibility index (Phi) is 4.37. The molecular formula is C7H6AgO2S. The van der Waals surface area contributed by atoms with Crippen LogP contribution < -0.4 is 0 Å². The van der Waals surface area contributed by atoms with E-state index in [2.05, 4.69) is 12.2 Å². The molecule has 1 rings (SSSR count). The van der Waals surface area contributed by atoms with Crippen LogP contribution in [0.25, 0.3) is 0 Å². The van der Waals surface area contributed by atoms with Gasteiger partial charge in [-0.1, -0.05) is 12.1 Å². The molecule has 0 aliphatic carbocycles. The number of hydrogen-bond acceptors (Lipinski definition) is 2. The zero-order valence-electron chi connectivity index (χ0n) is 5.41. The SMILES string of the molecule is OC(=S)c1ccccc1O.[Ag]. The van der Waals surface area contributed by atoms with Crippen LogP contribution in [0.5, 0.6) is 5.75 Å². The van der Waals surface area contributed by atoms with E-state index in [1.165, 1.54) is 6.07 Å². The van der Waals surface area contributed by atoms with Crippen LogP contribution in [-0.4, -0.2) is 15.3 Å². The van der Waals surface area contributed by atoms with E-state index in [-0.39, 0.29) is 33.2 Å². The number of hydrogen-bond donors (Lipinski definition) is 2. The maximum atomic E-state index is 9.03. The van der Waals surface area contributed by atoms with Gasteiger partial charge in [-0.3, -0.25) is 0 Å². The Morgan fingerprint density at radius 2 is 1.82 bits per heavy atom. The van der Waals surface area contributed by atoms with E-state index in [0.717, 1.165) is 0 Å². The van der Waals surface area contributed by atoms with Crippen molar-refractivity contribution in [3.63, 3.8) is 0 Å². The number of phenols is 1. The molecule has 0 spiro atoms. The minimum absolute atomic E-state index is 0. The van der Waals surface area contributed by atoms with Gasteiger partial charge in [0.05, 0.1) is 5.56 Å². The molecule has 0 aliphatic heterocycles. The molecule has 1 radical (unpaired) electrons. The van der Waals surface area contributed by atoms with Crippen molar-refractivity contribution in [1.29, 1.82) is 0 Å². The summed E-state index contributed by atoms with van der Waals surface area (Å²) in [4.78, 5) is 0. The number of benzene rings is 1. The molecule has 0 bridgehead atoms. The van der Waals surface area contributed by atoms with Crippen LogP contribution in [0.1, 0.15) is 5.56 Å². The molecule has 63 valence electrons.